The number of carboxylic acid groups (broad SMARTS) is 1. The van der Waals surface area contributed by atoms with E-state index >= 15 is 0 Å². The Labute approximate surface area is 123 Å². The van der Waals surface area contributed by atoms with Gasteiger partial charge in [0.1, 0.15) is 11.8 Å². The Morgan fingerprint density at radius 3 is 2.90 bits per heavy atom. The lowest BCUT2D eigenvalue weighted by molar-refractivity contribution is -0.142. The van der Waals surface area contributed by atoms with Gasteiger partial charge in [-0.15, -0.1) is 0 Å². The molecule has 1 aliphatic rings. The highest BCUT2D eigenvalue weighted by Gasteiger charge is 2.39. The van der Waals surface area contributed by atoms with Gasteiger partial charge in [-0.05, 0) is 30.0 Å². The number of carbonyl (C=O) groups excluding carboxylic acids is 1. The minimum atomic E-state index is -0.948. The molecule has 114 valence electrons. The largest absolute Gasteiger partial charge is 0.497 e. The molecule has 2 unspecified atom stereocenters. The third kappa shape index (κ3) is 3.45. The van der Waals surface area contributed by atoms with E-state index in [-0.39, 0.29) is 11.9 Å². The Balaban J connectivity index is 1.96. The Morgan fingerprint density at radius 2 is 2.24 bits per heavy atom. The molecule has 21 heavy (non-hydrogen) atoms. The molecule has 6 heteroatoms. The number of urea groups is 1. The molecule has 2 rings (SSSR count). The van der Waals surface area contributed by atoms with Crippen molar-refractivity contribution < 1.29 is 19.4 Å². The number of methoxy groups -OCH3 is 1. The summed E-state index contributed by atoms with van der Waals surface area (Å²) in [4.78, 5) is 24.8. The number of benzene rings is 1. The second-order valence-corrected chi connectivity index (χ2v) is 5.25. The van der Waals surface area contributed by atoms with Gasteiger partial charge >= 0.3 is 12.0 Å². The van der Waals surface area contributed by atoms with Crippen LogP contribution in [-0.4, -0.2) is 41.7 Å². The lowest BCUT2D eigenvalue weighted by Gasteiger charge is -2.23. The number of hydrogen-bond acceptors (Lipinski definition) is 3. The normalized spacial score (nSPS) is 21.1. The molecule has 2 atom stereocenters. The van der Waals surface area contributed by atoms with Crippen molar-refractivity contribution >= 4 is 12.0 Å². The zero-order chi connectivity index (χ0) is 15.4. The van der Waals surface area contributed by atoms with Crippen molar-refractivity contribution in [1.82, 2.24) is 10.2 Å². The number of ether oxygens (including phenoxy) is 1. The zero-order valence-corrected chi connectivity index (χ0v) is 12.2. The highest BCUT2D eigenvalue weighted by Crippen LogP contribution is 2.24. The van der Waals surface area contributed by atoms with Crippen molar-refractivity contribution in [3.05, 3.63) is 29.8 Å². The van der Waals surface area contributed by atoms with Crippen LogP contribution < -0.4 is 10.1 Å². The minimum absolute atomic E-state index is 0.0231. The Hall–Kier alpha value is -2.24. The van der Waals surface area contributed by atoms with Crippen LogP contribution in [0.3, 0.4) is 0 Å². The van der Waals surface area contributed by atoms with Gasteiger partial charge in [-0.3, -0.25) is 0 Å². The highest BCUT2D eigenvalue weighted by atomic mass is 16.5. The number of carbonyl (C=O) groups is 2. The monoisotopic (exact) mass is 292 g/mol. The van der Waals surface area contributed by atoms with E-state index in [4.69, 9.17) is 4.74 Å². The van der Waals surface area contributed by atoms with E-state index in [0.29, 0.717) is 19.5 Å². The van der Waals surface area contributed by atoms with Gasteiger partial charge in [0.05, 0.1) is 7.11 Å². The summed E-state index contributed by atoms with van der Waals surface area (Å²) in [5.41, 5.74) is 0.904. The summed E-state index contributed by atoms with van der Waals surface area (Å²) in [7, 11) is 1.58. The molecule has 2 amide bonds. The van der Waals surface area contributed by atoms with Crippen LogP contribution in [0.25, 0.3) is 0 Å². The van der Waals surface area contributed by atoms with Gasteiger partial charge in [-0.25, -0.2) is 9.59 Å². The molecule has 1 fully saturated rings. The second-order valence-electron chi connectivity index (χ2n) is 5.25. The maximum Gasteiger partial charge on any atom is 0.326 e. The molecule has 6 nitrogen and oxygen atoms in total. The minimum Gasteiger partial charge on any atom is -0.497 e. The van der Waals surface area contributed by atoms with E-state index in [2.05, 4.69) is 5.32 Å². The lowest BCUT2D eigenvalue weighted by Crippen LogP contribution is -2.47. The summed E-state index contributed by atoms with van der Waals surface area (Å²) in [5.74, 6) is -0.249. The summed E-state index contributed by atoms with van der Waals surface area (Å²) in [5, 5.41) is 12.0. The van der Waals surface area contributed by atoms with Gasteiger partial charge in [0.2, 0.25) is 0 Å². The molecule has 0 aliphatic carbocycles. The molecule has 1 heterocycles. The lowest BCUT2D eigenvalue weighted by atomic mass is 10.0. The maximum absolute atomic E-state index is 12.2. The van der Waals surface area contributed by atoms with Crippen LogP contribution in [-0.2, 0) is 11.3 Å². The smallest absolute Gasteiger partial charge is 0.326 e. The Kier molecular flexibility index (Phi) is 4.67. The van der Waals surface area contributed by atoms with Crippen LogP contribution in [0.4, 0.5) is 4.79 Å². The fourth-order valence-electron chi connectivity index (χ4n) is 2.61. The number of carboxylic acids is 1. The molecular weight excluding hydrogens is 272 g/mol. The SMILES string of the molecule is COc1cccc(CNC(=O)N2CCC(C)C2C(=O)O)c1. The number of hydrogen-bond donors (Lipinski definition) is 2. The van der Waals surface area contributed by atoms with Crippen molar-refractivity contribution in [1.29, 1.82) is 0 Å². The maximum atomic E-state index is 12.2. The third-order valence-electron chi connectivity index (χ3n) is 3.79. The number of likely N-dealkylation sites (tertiary alicyclic amines) is 1. The van der Waals surface area contributed by atoms with Crippen LogP contribution in [0.1, 0.15) is 18.9 Å². The predicted molar refractivity (Wildman–Crippen MR) is 77.1 cm³/mol. The number of rotatable bonds is 4. The van der Waals surface area contributed by atoms with Crippen LogP contribution in [0.5, 0.6) is 5.75 Å². The summed E-state index contributed by atoms with van der Waals surface area (Å²) in [6.07, 6.45) is 0.712. The Morgan fingerprint density at radius 1 is 1.48 bits per heavy atom. The Bertz CT molecular complexity index is 532. The van der Waals surface area contributed by atoms with E-state index in [1.807, 2.05) is 31.2 Å². The van der Waals surface area contributed by atoms with Crippen LogP contribution in [0, 0.1) is 5.92 Å². The second kappa shape index (κ2) is 6.47. The first-order valence-electron chi connectivity index (χ1n) is 6.93. The summed E-state index contributed by atoms with van der Waals surface area (Å²) in [6, 6.07) is 6.31. The topological polar surface area (TPSA) is 78.9 Å². The molecule has 0 bridgehead atoms. The van der Waals surface area contributed by atoms with Crippen molar-refractivity contribution in [2.45, 2.75) is 25.9 Å². The average Bonchev–Trinajstić information content (AvgIpc) is 2.87. The predicted octanol–water partition coefficient (Wildman–Crippen LogP) is 1.70. The molecule has 1 aliphatic heterocycles. The van der Waals surface area contributed by atoms with Crippen molar-refractivity contribution in [2.24, 2.45) is 5.92 Å². The summed E-state index contributed by atoms with van der Waals surface area (Å²) < 4.78 is 5.12. The molecule has 0 aromatic heterocycles. The first kappa shape index (κ1) is 15.2. The number of nitrogens with zero attached hydrogens (tertiary/aromatic N) is 1. The molecule has 1 aromatic rings. The first-order valence-corrected chi connectivity index (χ1v) is 6.93. The van der Waals surface area contributed by atoms with Gasteiger partial charge in [0, 0.05) is 13.1 Å². The van der Waals surface area contributed by atoms with Crippen molar-refractivity contribution in [2.75, 3.05) is 13.7 Å². The van der Waals surface area contributed by atoms with E-state index in [1.54, 1.807) is 7.11 Å². The summed E-state index contributed by atoms with van der Waals surface area (Å²) in [6.45, 7) is 2.67. The van der Waals surface area contributed by atoms with Crippen LogP contribution >= 0.6 is 0 Å². The first-order chi connectivity index (χ1) is 10.0. The average molecular weight is 292 g/mol. The fraction of sp³-hybridized carbons (Fsp3) is 0.467. The van der Waals surface area contributed by atoms with Crippen LogP contribution in [0.2, 0.25) is 0 Å². The zero-order valence-electron chi connectivity index (χ0n) is 12.2. The van der Waals surface area contributed by atoms with E-state index in [1.165, 1.54) is 4.90 Å². The quantitative estimate of drug-likeness (QED) is 0.885. The highest BCUT2D eigenvalue weighted by molar-refractivity contribution is 5.83. The van der Waals surface area contributed by atoms with Gasteiger partial charge in [-0.2, -0.15) is 0 Å². The van der Waals surface area contributed by atoms with Gasteiger partial charge in [0.15, 0.2) is 0 Å². The molecule has 2 N–H and O–H groups in total. The van der Waals surface area contributed by atoms with Crippen LogP contribution in [0.15, 0.2) is 24.3 Å². The molecule has 0 radical (unpaired) electrons. The van der Waals surface area contributed by atoms with Crippen molar-refractivity contribution in [3.8, 4) is 5.75 Å². The fourth-order valence-corrected chi connectivity index (χ4v) is 2.61. The standard InChI is InChI=1S/C15H20N2O4/c1-10-6-7-17(13(10)14(18)19)15(20)16-9-11-4-3-5-12(8-11)21-2/h3-5,8,10,13H,6-7,9H2,1-2H3,(H,16,20)(H,18,19). The number of amides is 2. The number of aliphatic carboxylic acids is 1. The third-order valence-corrected chi connectivity index (χ3v) is 3.79. The van der Waals surface area contributed by atoms with E-state index in [9.17, 15) is 14.7 Å². The van der Waals surface area contributed by atoms with Crippen molar-refractivity contribution in [3.63, 3.8) is 0 Å². The van der Waals surface area contributed by atoms with E-state index < -0.39 is 12.0 Å². The molecular formula is C15H20N2O4. The number of nitrogens with one attached hydrogen (secondary N) is 1. The van der Waals surface area contributed by atoms with Gasteiger partial charge in [-0.1, -0.05) is 19.1 Å². The molecule has 0 spiro atoms. The molecule has 0 saturated carbocycles. The summed E-state index contributed by atoms with van der Waals surface area (Å²) >= 11 is 0. The van der Waals surface area contributed by atoms with E-state index in [0.717, 1.165) is 11.3 Å². The molecule has 1 saturated heterocycles. The van der Waals surface area contributed by atoms with Gasteiger partial charge in [0.25, 0.3) is 0 Å². The van der Waals surface area contributed by atoms with Gasteiger partial charge < -0.3 is 20.1 Å². The molecule has 1 aromatic carbocycles.